The number of para-hydroxylation sites is 1. The number of nitrogens with one attached hydrogen (secondary N) is 1. The van der Waals surface area contributed by atoms with Crippen LogP contribution in [0.3, 0.4) is 0 Å². The molecule has 0 aliphatic rings. The Bertz CT molecular complexity index is 1110. The lowest BCUT2D eigenvalue weighted by Crippen LogP contribution is -2.14. The Labute approximate surface area is 163 Å². The zero-order valence-electron chi connectivity index (χ0n) is 13.9. The number of anilines is 1. The summed E-state index contributed by atoms with van der Waals surface area (Å²) in [4.78, 5) is 17.5. The van der Waals surface area contributed by atoms with Crippen LogP contribution in [0.15, 0.2) is 65.2 Å². The van der Waals surface area contributed by atoms with Crippen molar-refractivity contribution < 1.29 is 9.32 Å². The molecule has 2 aromatic heterocycles. The number of fused-ring (bicyclic) bond motifs is 1. The number of carbonyl (C=O) groups excluding carboxylic acids is 1. The molecule has 2 aromatic carbocycles. The van der Waals surface area contributed by atoms with E-state index in [-0.39, 0.29) is 5.91 Å². The monoisotopic (exact) mass is 455 g/mol. The first kappa shape index (κ1) is 16.7. The minimum absolute atomic E-state index is 0.218. The van der Waals surface area contributed by atoms with Crippen molar-refractivity contribution in [1.82, 2.24) is 10.1 Å². The molecule has 0 saturated carbocycles. The van der Waals surface area contributed by atoms with Crippen LogP contribution in [0.5, 0.6) is 0 Å². The van der Waals surface area contributed by atoms with Gasteiger partial charge in [0.05, 0.1) is 28.0 Å². The minimum Gasteiger partial charge on any atom is -0.335 e. The van der Waals surface area contributed by atoms with Crippen molar-refractivity contribution in [1.29, 1.82) is 0 Å². The van der Waals surface area contributed by atoms with Crippen LogP contribution in [-0.4, -0.2) is 16.0 Å². The Balaban J connectivity index is 1.84. The molecule has 26 heavy (non-hydrogen) atoms. The number of hydrogen-bond acceptors (Lipinski definition) is 4. The van der Waals surface area contributed by atoms with E-state index in [0.717, 1.165) is 14.8 Å². The summed E-state index contributed by atoms with van der Waals surface area (Å²) in [7, 11) is 0. The Kier molecular flexibility index (Phi) is 4.42. The van der Waals surface area contributed by atoms with E-state index in [1.807, 2.05) is 54.6 Å². The van der Waals surface area contributed by atoms with Gasteiger partial charge in [-0.2, -0.15) is 0 Å². The largest absolute Gasteiger partial charge is 0.335 e. The molecule has 0 radical (unpaired) electrons. The third-order valence-electron chi connectivity index (χ3n) is 4.05. The summed E-state index contributed by atoms with van der Waals surface area (Å²) in [5.41, 5.74) is 3.83. The molecule has 0 bridgehead atoms. The molecular weight excluding hydrogens is 441 g/mol. The standard InChI is InChI=1S/C20H14IN3O2/c1-12-18-14(19(25)22-16-10-6-5-9-15(16)21)11-17(23-20(18)26-24-12)13-7-3-2-4-8-13/h2-11H,1H3,(H,22,25). The van der Waals surface area contributed by atoms with E-state index in [1.165, 1.54) is 0 Å². The van der Waals surface area contributed by atoms with E-state index < -0.39 is 0 Å². The second kappa shape index (κ2) is 6.87. The highest BCUT2D eigenvalue weighted by Gasteiger charge is 2.20. The topological polar surface area (TPSA) is 68.0 Å². The zero-order valence-corrected chi connectivity index (χ0v) is 16.0. The lowest BCUT2D eigenvalue weighted by molar-refractivity contribution is 0.102. The predicted molar refractivity (Wildman–Crippen MR) is 109 cm³/mol. The number of amides is 1. The summed E-state index contributed by atoms with van der Waals surface area (Å²) in [6.45, 7) is 1.80. The van der Waals surface area contributed by atoms with Crippen molar-refractivity contribution in [3.8, 4) is 11.3 Å². The van der Waals surface area contributed by atoms with Gasteiger partial charge in [0, 0.05) is 9.13 Å². The fourth-order valence-electron chi connectivity index (χ4n) is 2.78. The average Bonchev–Trinajstić information content (AvgIpc) is 3.04. The summed E-state index contributed by atoms with van der Waals surface area (Å²) in [6, 6.07) is 19.1. The van der Waals surface area contributed by atoms with E-state index >= 15 is 0 Å². The molecule has 1 amide bonds. The molecule has 0 fully saturated rings. The average molecular weight is 455 g/mol. The fourth-order valence-corrected chi connectivity index (χ4v) is 3.31. The van der Waals surface area contributed by atoms with Crippen molar-refractivity contribution in [2.75, 3.05) is 5.32 Å². The van der Waals surface area contributed by atoms with Crippen LogP contribution >= 0.6 is 22.6 Å². The van der Waals surface area contributed by atoms with Crippen molar-refractivity contribution in [2.24, 2.45) is 0 Å². The molecule has 0 atom stereocenters. The molecule has 4 rings (SSSR count). The Morgan fingerprint density at radius 3 is 2.58 bits per heavy atom. The van der Waals surface area contributed by atoms with E-state index in [0.29, 0.717) is 28.1 Å². The SMILES string of the molecule is Cc1noc2nc(-c3ccccc3)cc(C(=O)Nc3ccccc3I)c12. The summed E-state index contributed by atoms with van der Waals surface area (Å²) in [5, 5.41) is 7.58. The van der Waals surface area contributed by atoms with Crippen LogP contribution in [0.25, 0.3) is 22.4 Å². The molecule has 6 heteroatoms. The molecule has 1 N–H and O–H groups in total. The third kappa shape index (κ3) is 3.08. The van der Waals surface area contributed by atoms with Crippen molar-refractivity contribution in [2.45, 2.75) is 6.92 Å². The van der Waals surface area contributed by atoms with Crippen molar-refractivity contribution in [3.05, 3.63) is 75.5 Å². The van der Waals surface area contributed by atoms with Crippen LogP contribution in [0.2, 0.25) is 0 Å². The number of aromatic nitrogens is 2. The highest BCUT2D eigenvalue weighted by molar-refractivity contribution is 14.1. The summed E-state index contributed by atoms with van der Waals surface area (Å²) >= 11 is 2.19. The molecular formula is C20H14IN3O2. The van der Waals surface area contributed by atoms with Crippen LogP contribution in [0.4, 0.5) is 5.69 Å². The van der Waals surface area contributed by atoms with Gasteiger partial charge < -0.3 is 9.84 Å². The normalized spacial score (nSPS) is 10.8. The minimum atomic E-state index is -0.218. The van der Waals surface area contributed by atoms with Gasteiger partial charge in [-0.1, -0.05) is 47.6 Å². The van der Waals surface area contributed by atoms with Gasteiger partial charge in [-0.3, -0.25) is 4.79 Å². The molecule has 0 saturated heterocycles. The van der Waals surface area contributed by atoms with Crippen LogP contribution in [0.1, 0.15) is 16.1 Å². The van der Waals surface area contributed by atoms with Gasteiger partial charge in [0.15, 0.2) is 0 Å². The lowest BCUT2D eigenvalue weighted by Gasteiger charge is -2.09. The fraction of sp³-hybridized carbons (Fsp3) is 0.0500. The number of hydrogen-bond donors (Lipinski definition) is 1. The van der Waals surface area contributed by atoms with E-state index in [1.54, 1.807) is 13.0 Å². The predicted octanol–water partition coefficient (Wildman–Crippen LogP) is 5.06. The van der Waals surface area contributed by atoms with Gasteiger partial charge in [0.25, 0.3) is 11.6 Å². The summed E-state index contributed by atoms with van der Waals surface area (Å²) in [5.74, 6) is -0.218. The Hall–Kier alpha value is -2.74. The number of benzene rings is 2. The highest BCUT2D eigenvalue weighted by Crippen LogP contribution is 2.28. The van der Waals surface area contributed by atoms with Crippen LogP contribution < -0.4 is 5.32 Å². The first-order valence-electron chi connectivity index (χ1n) is 8.02. The van der Waals surface area contributed by atoms with E-state index in [4.69, 9.17) is 4.52 Å². The first-order chi connectivity index (χ1) is 12.6. The van der Waals surface area contributed by atoms with Crippen LogP contribution in [0, 0.1) is 10.5 Å². The van der Waals surface area contributed by atoms with Gasteiger partial charge in [0.1, 0.15) is 0 Å². The maximum Gasteiger partial charge on any atom is 0.259 e. The van der Waals surface area contributed by atoms with Crippen molar-refractivity contribution >= 4 is 45.3 Å². The molecule has 2 heterocycles. The lowest BCUT2D eigenvalue weighted by atomic mass is 10.1. The molecule has 4 aromatic rings. The van der Waals surface area contributed by atoms with Gasteiger partial charge in [-0.05, 0) is 47.7 Å². The second-order valence-corrected chi connectivity index (χ2v) is 6.97. The van der Waals surface area contributed by atoms with Gasteiger partial charge >= 0.3 is 0 Å². The number of pyridine rings is 1. The van der Waals surface area contributed by atoms with Gasteiger partial charge in [0.2, 0.25) is 0 Å². The third-order valence-corrected chi connectivity index (χ3v) is 4.99. The van der Waals surface area contributed by atoms with Crippen molar-refractivity contribution in [3.63, 3.8) is 0 Å². The summed E-state index contributed by atoms with van der Waals surface area (Å²) < 4.78 is 6.30. The quantitative estimate of drug-likeness (QED) is 0.439. The number of rotatable bonds is 3. The number of nitrogens with zero attached hydrogens (tertiary/aromatic N) is 2. The number of halogens is 1. The number of carbonyl (C=O) groups is 1. The maximum atomic E-state index is 13.0. The highest BCUT2D eigenvalue weighted by atomic mass is 127. The number of aryl methyl sites for hydroxylation is 1. The van der Waals surface area contributed by atoms with Gasteiger partial charge in [-0.15, -0.1) is 0 Å². The smallest absolute Gasteiger partial charge is 0.259 e. The molecule has 0 aliphatic carbocycles. The van der Waals surface area contributed by atoms with Crippen LogP contribution in [-0.2, 0) is 0 Å². The molecule has 5 nitrogen and oxygen atoms in total. The molecule has 128 valence electrons. The second-order valence-electron chi connectivity index (χ2n) is 5.80. The van der Waals surface area contributed by atoms with Gasteiger partial charge in [-0.25, -0.2) is 4.98 Å². The summed E-state index contributed by atoms with van der Waals surface area (Å²) in [6.07, 6.45) is 0. The molecule has 0 unspecified atom stereocenters. The Morgan fingerprint density at radius 2 is 1.81 bits per heavy atom. The maximum absolute atomic E-state index is 13.0. The Morgan fingerprint density at radius 1 is 1.08 bits per heavy atom. The first-order valence-corrected chi connectivity index (χ1v) is 9.09. The zero-order chi connectivity index (χ0) is 18.1. The molecule has 0 aliphatic heterocycles. The van der Waals surface area contributed by atoms with E-state index in [9.17, 15) is 4.79 Å². The molecule has 0 spiro atoms. The van der Waals surface area contributed by atoms with E-state index in [2.05, 4.69) is 38.0 Å².